The molecule has 0 saturated heterocycles. The Labute approximate surface area is 169 Å². The van der Waals surface area contributed by atoms with Gasteiger partial charge in [0.05, 0.1) is 27.0 Å². The molecule has 0 saturated carbocycles. The Morgan fingerprint density at radius 1 is 1.03 bits per heavy atom. The van der Waals surface area contributed by atoms with E-state index in [1.165, 1.54) is 34.3 Å². The van der Waals surface area contributed by atoms with Crippen molar-refractivity contribution in [1.82, 2.24) is 0 Å². The first kappa shape index (κ1) is 21.7. The normalized spacial score (nSPS) is 11.6. The van der Waals surface area contributed by atoms with Crippen LogP contribution >= 0.6 is 0 Å². The van der Waals surface area contributed by atoms with Gasteiger partial charge in [0.25, 0.3) is 0 Å². The van der Waals surface area contributed by atoms with Crippen molar-refractivity contribution < 1.29 is 29.2 Å². The molecule has 0 atom stereocenters. The van der Waals surface area contributed by atoms with Crippen LogP contribution in [0.2, 0.25) is 0 Å². The second-order valence-corrected chi connectivity index (χ2v) is 6.27. The highest BCUT2D eigenvalue weighted by Crippen LogP contribution is 2.41. The Morgan fingerprint density at radius 3 is 2.17 bits per heavy atom. The number of hydrogen-bond donors (Lipinski definition) is 2. The largest absolute Gasteiger partial charge is 0.505 e. The number of aliphatic carboxylic acids is 1. The molecule has 2 rings (SSSR count). The lowest BCUT2D eigenvalue weighted by Gasteiger charge is -2.12. The summed E-state index contributed by atoms with van der Waals surface area (Å²) in [4.78, 5) is 11.0. The Kier molecular flexibility index (Phi) is 7.19. The van der Waals surface area contributed by atoms with Gasteiger partial charge in [-0.05, 0) is 31.9 Å². The summed E-state index contributed by atoms with van der Waals surface area (Å²) in [6.07, 6.45) is 1.80. The van der Waals surface area contributed by atoms with Gasteiger partial charge in [-0.15, -0.1) is 5.11 Å². The molecule has 0 heterocycles. The zero-order valence-electron chi connectivity index (χ0n) is 17.0. The summed E-state index contributed by atoms with van der Waals surface area (Å²) >= 11 is 0. The maximum atomic E-state index is 11.0. The number of carbonyl (C=O) groups is 1. The van der Waals surface area contributed by atoms with Gasteiger partial charge in [0.2, 0.25) is 5.75 Å². The Hall–Kier alpha value is -3.55. The van der Waals surface area contributed by atoms with Crippen LogP contribution < -0.4 is 14.2 Å². The minimum atomic E-state index is -1.00. The number of benzene rings is 2. The van der Waals surface area contributed by atoms with Crippen molar-refractivity contribution in [2.45, 2.75) is 20.3 Å². The van der Waals surface area contributed by atoms with E-state index in [0.717, 1.165) is 5.56 Å². The minimum absolute atomic E-state index is 0.0544. The van der Waals surface area contributed by atoms with Crippen molar-refractivity contribution in [2.75, 3.05) is 21.3 Å². The van der Waals surface area contributed by atoms with Gasteiger partial charge >= 0.3 is 5.97 Å². The molecule has 0 unspecified atom stereocenters. The van der Waals surface area contributed by atoms with E-state index in [1.54, 1.807) is 24.3 Å². The van der Waals surface area contributed by atoms with Crippen molar-refractivity contribution in [3.05, 3.63) is 47.0 Å². The van der Waals surface area contributed by atoms with E-state index in [4.69, 9.17) is 19.3 Å². The number of carboxylic acid groups (broad SMARTS) is 1. The van der Waals surface area contributed by atoms with Gasteiger partial charge in [0.15, 0.2) is 11.5 Å². The van der Waals surface area contributed by atoms with Crippen molar-refractivity contribution in [3.63, 3.8) is 0 Å². The van der Waals surface area contributed by atoms with E-state index in [1.807, 2.05) is 6.92 Å². The number of carboxylic acids is 1. The van der Waals surface area contributed by atoms with Crippen LogP contribution in [0, 0.1) is 6.92 Å². The number of methoxy groups -OCH3 is 3. The lowest BCUT2D eigenvalue weighted by Crippen LogP contribution is -1.97. The van der Waals surface area contributed by atoms with E-state index in [2.05, 4.69) is 10.2 Å². The monoisotopic (exact) mass is 400 g/mol. The highest BCUT2D eigenvalue weighted by atomic mass is 16.5. The van der Waals surface area contributed by atoms with Crippen molar-refractivity contribution in [1.29, 1.82) is 0 Å². The Bertz CT molecular complexity index is 941. The van der Waals surface area contributed by atoms with Gasteiger partial charge < -0.3 is 24.4 Å². The Morgan fingerprint density at radius 2 is 1.66 bits per heavy atom. The first-order chi connectivity index (χ1) is 13.8. The molecule has 0 aromatic heterocycles. The average Bonchev–Trinajstić information content (AvgIpc) is 2.71. The number of allylic oxidation sites excluding steroid dienone is 1. The fourth-order valence-electron chi connectivity index (χ4n) is 2.65. The smallest absolute Gasteiger partial charge is 0.330 e. The zero-order valence-corrected chi connectivity index (χ0v) is 17.0. The highest BCUT2D eigenvalue weighted by Gasteiger charge is 2.14. The molecular weight excluding hydrogens is 376 g/mol. The van der Waals surface area contributed by atoms with Crippen LogP contribution in [0.3, 0.4) is 0 Å². The number of phenols is 1. The lowest BCUT2D eigenvalue weighted by atomic mass is 10.0. The summed E-state index contributed by atoms with van der Waals surface area (Å²) in [6.45, 7) is 3.36. The molecule has 2 N–H and O–H groups in total. The summed E-state index contributed by atoms with van der Waals surface area (Å²) in [5.41, 5.74) is 2.34. The molecule has 29 heavy (non-hydrogen) atoms. The maximum absolute atomic E-state index is 11.0. The van der Waals surface area contributed by atoms with Crippen LogP contribution in [-0.4, -0.2) is 37.5 Å². The number of aryl methyl sites for hydroxylation is 1. The quantitative estimate of drug-likeness (QED) is 0.490. The number of aromatic hydroxyl groups is 1. The van der Waals surface area contributed by atoms with Gasteiger partial charge in [0.1, 0.15) is 11.4 Å². The Balaban J connectivity index is 2.40. The van der Waals surface area contributed by atoms with E-state index in [9.17, 15) is 9.90 Å². The highest BCUT2D eigenvalue weighted by molar-refractivity contribution is 5.85. The third kappa shape index (κ3) is 5.25. The second-order valence-electron chi connectivity index (χ2n) is 6.27. The molecule has 154 valence electrons. The molecule has 0 fully saturated rings. The van der Waals surface area contributed by atoms with Crippen molar-refractivity contribution >= 4 is 17.3 Å². The summed E-state index contributed by atoms with van der Waals surface area (Å²) in [7, 11) is 4.52. The number of ether oxygens (including phenoxy) is 3. The molecule has 0 aliphatic carbocycles. The van der Waals surface area contributed by atoms with Crippen molar-refractivity contribution in [3.8, 4) is 23.0 Å². The lowest BCUT2D eigenvalue weighted by molar-refractivity contribution is -0.132. The van der Waals surface area contributed by atoms with E-state index in [0.29, 0.717) is 28.5 Å². The summed E-state index contributed by atoms with van der Waals surface area (Å²) in [5.74, 6) is 0.254. The predicted molar refractivity (Wildman–Crippen MR) is 108 cm³/mol. The van der Waals surface area contributed by atoms with Crippen LogP contribution in [-0.2, 0) is 11.2 Å². The summed E-state index contributed by atoms with van der Waals surface area (Å²) in [6, 6.07) is 6.74. The average molecular weight is 400 g/mol. The minimum Gasteiger partial charge on any atom is -0.505 e. The van der Waals surface area contributed by atoms with Crippen molar-refractivity contribution in [2.24, 2.45) is 10.2 Å². The summed E-state index contributed by atoms with van der Waals surface area (Å²) < 4.78 is 15.9. The van der Waals surface area contributed by atoms with E-state index >= 15 is 0 Å². The zero-order chi connectivity index (χ0) is 21.6. The molecule has 8 nitrogen and oxygen atoms in total. The number of azo groups is 1. The van der Waals surface area contributed by atoms with E-state index in [-0.39, 0.29) is 23.4 Å². The SMILES string of the molecule is COc1cc(/N=N/c2cc(C)cc(C/C=C(\C)C(=O)O)c2O)cc(OC)c1OC. The fraction of sp³-hybridized carbons (Fsp3) is 0.286. The first-order valence-electron chi connectivity index (χ1n) is 8.75. The second kappa shape index (κ2) is 9.59. The van der Waals surface area contributed by atoms with Gasteiger partial charge in [0, 0.05) is 23.3 Å². The van der Waals surface area contributed by atoms with Gasteiger partial charge in [-0.1, -0.05) is 12.1 Å². The van der Waals surface area contributed by atoms with Crippen LogP contribution in [0.15, 0.2) is 46.1 Å². The molecule has 0 bridgehead atoms. The maximum Gasteiger partial charge on any atom is 0.330 e. The third-order valence-electron chi connectivity index (χ3n) is 4.20. The molecule has 8 heteroatoms. The summed E-state index contributed by atoms with van der Waals surface area (Å²) in [5, 5.41) is 27.8. The molecule has 0 amide bonds. The molecule has 2 aromatic rings. The van der Waals surface area contributed by atoms with E-state index < -0.39 is 5.97 Å². The van der Waals surface area contributed by atoms with Gasteiger partial charge in [-0.2, -0.15) is 5.11 Å². The number of nitrogens with zero attached hydrogens (tertiary/aromatic N) is 2. The van der Waals surface area contributed by atoms with Gasteiger partial charge in [-0.3, -0.25) is 0 Å². The number of rotatable bonds is 8. The third-order valence-corrected chi connectivity index (χ3v) is 4.20. The topological polar surface area (TPSA) is 110 Å². The van der Waals surface area contributed by atoms with Crippen LogP contribution in [0.25, 0.3) is 0 Å². The van der Waals surface area contributed by atoms with Crippen LogP contribution in [0.1, 0.15) is 18.1 Å². The van der Waals surface area contributed by atoms with Crippen LogP contribution in [0.5, 0.6) is 23.0 Å². The molecule has 0 spiro atoms. The first-order valence-corrected chi connectivity index (χ1v) is 8.75. The standard InChI is InChI=1S/C21H24N2O6/c1-12-8-14(7-6-13(2)21(25)26)19(24)16(9-12)23-22-15-10-17(27-3)20(29-5)18(11-15)28-4/h6,8-11,24H,7H2,1-5H3,(H,25,26)/b13-6+,23-22+. The molecule has 0 aliphatic heterocycles. The molecular formula is C21H24N2O6. The number of phenolic OH excluding ortho intramolecular Hbond substituents is 1. The molecule has 0 radical (unpaired) electrons. The molecule has 2 aromatic carbocycles. The van der Waals surface area contributed by atoms with Crippen LogP contribution in [0.4, 0.5) is 11.4 Å². The molecule has 0 aliphatic rings. The van der Waals surface area contributed by atoms with Gasteiger partial charge in [-0.25, -0.2) is 4.79 Å². The fourth-order valence-corrected chi connectivity index (χ4v) is 2.65. The number of hydrogen-bond acceptors (Lipinski definition) is 7. The predicted octanol–water partition coefficient (Wildman–Crippen LogP) is 4.72.